The van der Waals surface area contributed by atoms with Gasteiger partial charge in [0.1, 0.15) is 5.82 Å². The highest BCUT2D eigenvalue weighted by atomic mass is 35.5. The van der Waals surface area contributed by atoms with Gasteiger partial charge in [-0.1, -0.05) is 0 Å². The number of benzene rings is 1. The fraction of sp³-hybridized carbons (Fsp3) is 0.267. The van der Waals surface area contributed by atoms with Crippen molar-refractivity contribution in [1.82, 2.24) is 4.98 Å². The number of methoxy groups -OCH3 is 1. The third-order valence-electron chi connectivity index (χ3n) is 3.10. The van der Waals surface area contributed by atoms with Crippen LogP contribution in [0.15, 0.2) is 24.3 Å². The normalized spacial score (nSPS) is 11.3. The monoisotopic (exact) mass is 373 g/mol. The summed E-state index contributed by atoms with van der Waals surface area (Å²) in [6.07, 6.45) is -0.211. The summed E-state index contributed by atoms with van der Waals surface area (Å²) < 4.78 is 17.4. The van der Waals surface area contributed by atoms with Crippen LogP contribution in [0.25, 0.3) is 11.3 Å². The number of anilines is 1. The van der Waals surface area contributed by atoms with Gasteiger partial charge in [0, 0.05) is 10.4 Å². The number of nitrogens with zero attached hydrogens (tertiary/aromatic N) is 1. The van der Waals surface area contributed by atoms with E-state index in [4.69, 9.17) is 5.73 Å². The van der Waals surface area contributed by atoms with E-state index in [2.05, 4.69) is 15.0 Å². The van der Waals surface area contributed by atoms with Gasteiger partial charge in [-0.05, 0) is 31.2 Å². The number of aryl methyl sites for hydroxylation is 1. The van der Waals surface area contributed by atoms with Crippen LogP contribution < -0.4 is 11.1 Å². The molecule has 1 aromatic heterocycles. The van der Waals surface area contributed by atoms with Gasteiger partial charge in [-0.3, -0.25) is 9.59 Å². The van der Waals surface area contributed by atoms with Crippen LogP contribution in [-0.2, 0) is 14.3 Å². The molecule has 1 aromatic carbocycles. The number of amides is 1. The Morgan fingerprint density at radius 3 is 2.58 bits per heavy atom. The van der Waals surface area contributed by atoms with Crippen LogP contribution in [-0.4, -0.2) is 30.0 Å². The van der Waals surface area contributed by atoms with Crippen molar-refractivity contribution in [1.29, 1.82) is 0 Å². The van der Waals surface area contributed by atoms with E-state index in [0.717, 1.165) is 10.4 Å². The van der Waals surface area contributed by atoms with Crippen LogP contribution in [0.4, 0.5) is 9.52 Å². The molecule has 9 heteroatoms. The minimum atomic E-state index is -1.01. The van der Waals surface area contributed by atoms with E-state index in [0.29, 0.717) is 10.8 Å². The smallest absolute Gasteiger partial charge is 0.307 e. The molecule has 0 radical (unpaired) electrons. The van der Waals surface area contributed by atoms with E-state index in [1.54, 1.807) is 12.1 Å². The molecule has 0 spiro atoms. The number of carbonyl (C=O) groups is 2. The molecular formula is C15H17ClFN3O3S. The molecule has 6 nitrogen and oxygen atoms in total. The number of aromatic nitrogens is 1. The van der Waals surface area contributed by atoms with Gasteiger partial charge in [-0.15, -0.1) is 23.7 Å². The maximum atomic E-state index is 13.0. The van der Waals surface area contributed by atoms with Crippen molar-refractivity contribution in [2.75, 3.05) is 12.4 Å². The average molecular weight is 374 g/mol. The molecule has 0 aliphatic carbocycles. The van der Waals surface area contributed by atoms with Crippen molar-refractivity contribution in [3.63, 3.8) is 0 Å². The second-order valence-electron chi connectivity index (χ2n) is 4.81. The second-order valence-corrected chi connectivity index (χ2v) is 6.01. The lowest BCUT2D eigenvalue weighted by Gasteiger charge is -2.08. The fourth-order valence-electron chi connectivity index (χ4n) is 1.88. The molecule has 0 aliphatic heterocycles. The van der Waals surface area contributed by atoms with Crippen LogP contribution >= 0.6 is 23.7 Å². The Kier molecular flexibility index (Phi) is 7.27. The molecule has 2 aromatic rings. The summed E-state index contributed by atoms with van der Waals surface area (Å²) in [5, 5.41) is 2.94. The number of halogens is 2. The van der Waals surface area contributed by atoms with Crippen LogP contribution in [0.1, 0.15) is 11.3 Å². The molecule has 130 valence electrons. The van der Waals surface area contributed by atoms with Gasteiger partial charge in [-0.25, -0.2) is 9.37 Å². The summed E-state index contributed by atoms with van der Waals surface area (Å²) in [6, 6.07) is 4.91. The number of nitrogens with two attached hydrogens (primary N) is 1. The number of rotatable bonds is 5. The minimum Gasteiger partial charge on any atom is -0.469 e. The lowest BCUT2D eigenvalue weighted by Crippen LogP contribution is -2.37. The Hall–Kier alpha value is -2.03. The predicted octanol–water partition coefficient (Wildman–Crippen LogP) is 2.51. The second kappa shape index (κ2) is 8.72. The first kappa shape index (κ1) is 20.0. The number of hydrogen-bond acceptors (Lipinski definition) is 6. The number of hydrogen-bond donors (Lipinski definition) is 2. The first-order chi connectivity index (χ1) is 10.9. The van der Waals surface area contributed by atoms with E-state index in [1.807, 2.05) is 6.92 Å². The van der Waals surface area contributed by atoms with Gasteiger partial charge in [0.05, 0.1) is 25.3 Å². The highest BCUT2D eigenvalue weighted by Gasteiger charge is 2.20. The molecular weight excluding hydrogens is 357 g/mol. The van der Waals surface area contributed by atoms with Crippen LogP contribution in [0.5, 0.6) is 0 Å². The Morgan fingerprint density at radius 2 is 2.00 bits per heavy atom. The van der Waals surface area contributed by atoms with Crippen molar-refractivity contribution in [2.24, 2.45) is 5.73 Å². The van der Waals surface area contributed by atoms with Crippen LogP contribution in [0.3, 0.4) is 0 Å². The highest BCUT2D eigenvalue weighted by molar-refractivity contribution is 7.16. The third kappa shape index (κ3) is 4.98. The maximum absolute atomic E-state index is 13.0. The average Bonchev–Trinajstić information content (AvgIpc) is 2.88. The fourth-order valence-corrected chi connectivity index (χ4v) is 2.72. The first-order valence-corrected chi connectivity index (χ1v) is 7.59. The van der Waals surface area contributed by atoms with E-state index >= 15 is 0 Å². The Balaban J connectivity index is 0.00000288. The number of thiazole rings is 1. The van der Waals surface area contributed by atoms with Crippen molar-refractivity contribution in [2.45, 2.75) is 19.4 Å². The SMILES string of the molecule is COC(=O)C[C@H](N)C(=O)Nc1nc(-c2ccc(F)cc2)c(C)s1.Cl. The maximum Gasteiger partial charge on any atom is 0.307 e. The summed E-state index contributed by atoms with van der Waals surface area (Å²) in [6.45, 7) is 1.85. The van der Waals surface area contributed by atoms with E-state index in [9.17, 15) is 14.0 Å². The number of nitrogens with one attached hydrogen (secondary N) is 1. The van der Waals surface area contributed by atoms with Gasteiger partial charge >= 0.3 is 5.97 Å². The largest absolute Gasteiger partial charge is 0.469 e. The Bertz CT molecular complexity index is 721. The molecule has 1 atom stereocenters. The van der Waals surface area contributed by atoms with E-state index < -0.39 is 17.9 Å². The molecule has 3 N–H and O–H groups in total. The van der Waals surface area contributed by atoms with Gasteiger partial charge in [0.15, 0.2) is 5.13 Å². The summed E-state index contributed by atoms with van der Waals surface area (Å²) in [7, 11) is 1.23. The van der Waals surface area contributed by atoms with Crippen molar-refractivity contribution >= 4 is 40.8 Å². The van der Waals surface area contributed by atoms with Crippen molar-refractivity contribution < 1.29 is 18.7 Å². The number of carbonyl (C=O) groups excluding carboxylic acids is 2. The van der Waals surface area contributed by atoms with Crippen LogP contribution in [0, 0.1) is 12.7 Å². The summed E-state index contributed by atoms with van der Waals surface area (Å²) in [5.74, 6) is -1.41. The molecule has 1 heterocycles. The van der Waals surface area contributed by atoms with E-state index in [-0.39, 0.29) is 24.6 Å². The van der Waals surface area contributed by atoms with Gasteiger partial charge in [-0.2, -0.15) is 0 Å². The van der Waals surface area contributed by atoms with Gasteiger partial charge < -0.3 is 15.8 Å². The van der Waals surface area contributed by atoms with Gasteiger partial charge in [0.2, 0.25) is 5.91 Å². The zero-order valence-corrected chi connectivity index (χ0v) is 14.7. The van der Waals surface area contributed by atoms with Gasteiger partial charge in [0.25, 0.3) is 0 Å². The summed E-state index contributed by atoms with van der Waals surface area (Å²) >= 11 is 1.28. The summed E-state index contributed by atoms with van der Waals surface area (Å²) in [5.41, 5.74) is 7.05. The molecule has 2 rings (SSSR count). The zero-order valence-electron chi connectivity index (χ0n) is 13.0. The molecule has 0 bridgehead atoms. The molecule has 24 heavy (non-hydrogen) atoms. The molecule has 0 fully saturated rings. The predicted molar refractivity (Wildman–Crippen MR) is 92.7 cm³/mol. The number of ether oxygens (including phenoxy) is 1. The quantitative estimate of drug-likeness (QED) is 0.785. The zero-order chi connectivity index (χ0) is 17.0. The Labute approximate surface area is 148 Å². The molecule has 0 saturated carbocycles. The van der Waals surface area contributed by atoms with E-state index in [1.165, 1.54) is 30.6 Å². The lowest BCUT2D eigenvalue weighted by molar-refractivity contribution is -0.142. The van der Waals surface area contributed by atoms with Crippen molar-refractivity contribution in [3.05, 3.63) is 35.0 Å². The highest BCUT2D eigenvalue weighted by Crippen LogP contribution is 2.30. The topological polar surface area (TPSA) is 94.3 Å². The molecule has 0 unspecified atom stereocenters. The standard InChI is InChI=1S/C15H16FN3O3S.ClH/c1-8-13(9-3-5-10(16)6-4-9)18-15(23-8)19-14(21)11(17)7-12(20)22-2;/h3-6,11H,7,17H2,1-2H3,(H,18,19,21);1H/t11-;/m0./s1. The summed E-state index contributed by atoms with van der Waals surface area (Å²) in [4.78, 5) is 28.3. The van der Waals surface area contributed by atoms with Crippen molar-refractivity contribution in [3.8, 4) is 11.3 Å². The molecule has 0 saturated heterocycles. The van der Waals surface area contributed by atoms with Crippen LogP contribution in [0.2, 0.25) is 0 Å². The third-order valence-corrected chi connectivity index (χ3v) is 3.98. The lowest BCUT2D eigenvalue weighted by atomic mass is 10.1. The Morgan fingerprint density at radius 1 is 1.38 bits per heavy atom. The minimum absolute atomic E-state index is 0. The molecule has 1 amide bonds. The molecule has 0 aliphatic rings. The number of esters is 1. The first-order valence-electron chi connectivity index (χ1n) is 6.77.